The largest absolute Gasteiger partial charge is 0.265 e. The van der Waals surface area contributed by atoms with Crippen molar-refractivity contribution in [3.63, 3.8) is 0 Å². The van der Waals surface area contributed by atoms with Gasteiger partial charge in [-0.25, -0.2) is 0 Å². The summed E-state index contributed by atoms with van der Waals surface area (Å²) in [6, 6.07) is 0.245. The van der Waals surface area contributed by atoms with Crippen LogP contribution in [0.4, 0.5) is 0 Å². The minimum atomic E-state index is -0.00347. The summed E-state index contributed by atoms with van der Waals surface area (Å²) >= 11 is 0. The quantitative estimate of drug-likeness (QED) is 0.670. The van der Waals surface area contributed by atoms with E-state index in [1.807, 2.05) is 0 Å². The lowest BCUT2D eigenvalue weighted by atomic mass is 9.69. The number of hydrogen-bond donors (Lipinski definition) is 0. The summed E-state index contributed by atoms with van der Waals surface area (Å²) in [6.45, 7) is 20.2. The maximum atomic E-state index is 4.58. The van der Waals surface area contributed by atoms with Crippen LogP contribution in [-0.4, -0.2) is 22.1 Å². The molecule has 0 aliphatic carbocycles. The van der Waals surface area contributed by atoms with Gasteiger partial charge in [0.05, 0.1) is 11.1 Å². The minimum absolute atomic E-state index is 0.00347. The van der Waals surface area contributed by atoms with E-state index in [9.17, 15) is 0 Å². The molecule has 0 aromatic carbocycles. The molecule has 3 heteroatoms. The van der Waals surface area contributed by atoms with Gasteiger partial charge >= 0.3 is 0 Å². The van der Waals surface area contributed by atoms with Crippen molar-refractivity contribution in [3.8, 4) is 0 Å². The molecule has 1 aliphatic heterocycles. The Bertz CT molecular complexity index is 280. The lowest BCUT2D eigenvalue weighted by molar-refractivity contribution is -0.0198. The van der Waals surface area contributed by atoms with Crippen molar-refractivity contribution < 1.29 is 0 Å². The van der Waals surface area contributed by atoms with Crippen LogP contribution in [0.2, 0.25) is 0 Å². The van der Waals surface area contributed by atoms with Gasteiger partial charge in [0.15, 0.2) is 0 Å². The Kier molecular flexibility index (Phi) is 3.37. The molecular formula is C14H29N3. The van der Waals surface area contributed by atoms with Gasteiger partial charge in [0.1, 0.15) is 6.04 Å². The number of rotatable bonds is 1. The molecule has 0 saturated carbocycles. The van der Waals surface area contributed by atoms with Crippen molar-refractivity contribution in [1.82, 2.24) is 5.01 Å². The maximum absolute atomic E-state index is 4.58. The summed E-state index contributed by atoms with van der Waals surface area (Å²) in [5, 5.41) is 11.3. The van der Waals surface area contributed by atoms with Crippen LogP contribution in [0.5, 0.6) is 0 Å². The van der Waals surface area contributed by atoms with E-state index in [4.69, 9.17) is 0 Å². The molecule has 1 rings (SSSR count). The highest BCUT2D eigenvalue weighted by Crippen LogP contribution is 2.46. The molecule has 0 N–H and O–H groups in total. The summed E-state index contributed by atoms with van der Waals surface area (Å²) in [4.78, 5) is 0. The predicted molar refractivity (Wildman–Crippen MR) is 72.9 cm³/mol. The Morgan fingerprint density at radius 1 is 1.06 bits per heavy atom. The molecule has 0 radical (unpaired) electrons. The highest BCUT2D eigenvalue weighted by atomic mass is 15.6. The molecule has 100 valence electrons. The molecule has 0 aromatic heterocycles. The van der Waals surface area contributed by atoms with Gasteiger partial charge in [0, 0.05) is 0 Å². The van der Waals surface area contributed by atoms with E-state index in [0.29, 0.717) is 5.92 Å². The summed E-state index contributed by atoms with van der Waals surface area (Å²) in [5.74, 6) is 0.515. The molecular weight excluding hydrogens is 210 g/mol. The van der Waals surface area contributed by atoms with Crippen LogP contribution in [0.15, 0.2) is 10.3 Å². The maximum Gasteiger partial charge on any atom is 0.103 e. The number of nitrogens with zero attached hydrogens (tertiary/aromatic N) is 3. The first-order valence-electron chi connectivity index (χ1n) is 6.63. The average Bonchev–Trinajstić information content (AvgIpc) is 2.41. The van der Waals surface area contributed by atoms with Crippen molar-refractivity contribution in [3.05, 3.63) is 0 Å². The number of hydrogen-bond acceptors (Lipinski definition) is 3. The second-order valence-corrected chi connectivity index (χ2v) is 7.84. The van der Waals surface area contributed by atoms with Crippen molar-refractivity contribution in [2.24, 2.45) is 21.7 Å². The van der Waals surface area contributed by atoms with E-state index in [-0.39, 0.29) is 22.5 Å². The van der Waals surface area contributed by atoms with Gasteiger partial charge in [-0.15, -0.1) is 0 Å². The van der Waals surface area contributed by atoms with E-state index < -0.39 is 0 Å². The van der Waals surface area contributed by atoms with Crippen molar-refractivity contribution in [1.29, 1.82) is 0 Å². The van der Waals surface area contributed by atoms with Crippen LogP contribution < -0.4 is 0 Å². The fraction of sp³-hybridized carbons (Fsp3) is 1.00. The lowest BCUT2D eigenvalue weighted by Crippen LogP contribution is -2.60. The van der Waals surface area contributed by atoms with Crippen molar-refractivity contribution >= 4 is 0 Å². The van der Waals surface area contributed by atoms with Gasteiger partial charge in [-0.2, -0.15) is 5.11 Å². The summed E-state index contributed by atoms with van der Waals surface area (Å²) in [7, 11) is 0. The predicted octanol–water partition coefficient (Wildman–Crippen LogP) is 4.30. The van der Waals surface area contributed by atoms with E-state index in [2.05, 4.69) is 77.7 Å². The van der Waals surface area contributed by atoms with Crippen LogP contribution in [0.25, 0.3) is 0 Å². The van der Waals surface area contributed by atoms with Gasteiger partial charge in [-0.1, -0.05) is 39.8 Å². The van der Waals surface area contributed by atoms with E-state index >= 15 is 0 Å². The minimum Gasteiger partial charge on any atom is -0.265 e. The third kappa shape index (κ3) is 2.34. The van der Waals surface area contributed by atoms with Crippen molar-refractivity contribution in [2.45, 2.75) is 79.4 Å². The molecule has 1 heterocycles. The molecule has 3 nitrogen and oxygen atoms in total. The Hall–Kier alpha value is -0.600. The Morgan fingerprint density at radius 2 is 1.53 bits per heavy atom. The van der Waals surface area contributed by atoms with Gasteiger partial charge < -0.3 is 0 Å². The van der Waals surface area contributed by atoms with Gasteiger partial charge in [-0.05, 0) is 39.0 Å². The first-order valence-corrected chi connectivity index (χ1v) is 6.63. The monoisotopic (exact) mass is 239 g/mol. The molecule has 17 heavy (non-hydrogen) atoms. The molecule has 0 amide bonds. The zero-order valence-electron chi connectivity index (χ0n) is 13.0. The topological polar surface area (TPSA) is 28.0 Å². The fourth-order valence-corrected chi connectivity index (χ4v) is 2.90. The van der Waals surface area contributed by atoms with Crippen LogP contribution in [0.3, 0.4) is 0 Å². The highest BCUT2D eigenvalue weighted by molar-refractivity contribution is 5.08. The van der Waals surface area contributed by atoms with Gasteiger partial charge in [0.25, 0.3) is 0 Å². The SMILES string of the molecule is CC(C)C1(C)C(C(C)(C)C)N=NN1C(C)(C)C. The second kappa shape index (κ2) is 3.96. The van der Waals surface area contributed by atoms with Crippen LogP contribution in [-0.2, 0) is 0 Å². The second-order valence-electron chi connectivity index (χ2n) is 7.84. The Morgan fingerprint density at radius 3 is 1.82 bits per heavy atom. The smallest absolute Gasteiger partial charge is 0.103 e. The standard InChI is InChI=1S/C14H29N3/c1-10(2)14(9)11(12(3,4)5)15-16-17(14)13(6,7)8/h10-11H,1-9H3. The van der Waals surface area contributed by atoms with Gasteiger partial charge in [-0.3, -0.25) is 5.01 Å². The zero-order valence-corrected chi connectivity index (χ0v) is 13.0. The highest BCUT2D eigenvalue weighted by Gasteiger charge is 2.54. The molecule has 1 aliphatic rings. The summed E-state index contributed by atoms with van der Waals surface area (Å²) < 4.78 is 0. The molecule has 0 spiro atoms. The molecule has 2 atom stereocenters. The van der Waals surface area contributed by atoms with Crippen LogP contribution in [0, 0.1) is 11.3 Å². The summed E-state index contributed by atoms with van der Waals surface area (Å²) in [6.07, 6.45) is 0. The molecule has 0 aromatic rings. The fourth-order valence-electron chi connectivity index (χ4n) is 2.90. The molecule has 0 bridgehead atoms. The zero-order chi connectivity index (χ0) is 13.6. The molecule has 0 saturated heterocycles. The van der Waals surface area contributed by atoms with Crippen LogP contribution in [0.1, 0.15) is 62.3 Å². The van der Waals surface area contributed by atoms with Crippen LogP contribution >= 0.6 is 0 Å². The third-order valence-electron chi connectivity index (χ3n) is 3.89. The van der Waals surface area contributed by atoms with Gasteiger partial charge in [0.2, 0.25) is 0 Å². The van der Waals surface area contributed by atoms with Crippen molar-refractivity contribution in [2.75, 3.05) is 0 Å². The normalized spacial score (nSPS) is 30.5. The first-order chi connectivity index (χ1) is 7.41. The Labute approximate surface area is 107 Å². The van der Waals surface area contributed by atoms with E-state index in [0.717, 1.165) is 0 Å². The first kappa shape index (κ1) is 14.5. The lowest BCUT2D eigenvalue weighted by Gasteiger charge is -2.49. The Balaban J connectivity index is 3.21. The third-order valence-corrected chi connectivity index (χ3v) is 3.89. The average molecular weight is 239 g/mol. The molecule has 2 unspecified atom stereocenters. The summed E-state index contributed by atoms with van der Waals surface area (Å²) in [5.41, 5.74) is 0.154. The van der Waals surface area contributed by atoms with E-state index in [1.165, 1.54) is 0 Å². The molecule has 0 fully saturated rings. The van der Waals surface area contributed by atoms with E-state index in [1.54, 1.807) is 0 Å².